The maximum Gasteiger partial charge on any atom is 0.346 e. The van der Waals surface area contributed by atoms with Gasteiger partial charge in [-0.1, -0.05) is 12.1 Å². The lowest BCUT2D eigenvalue weighted by molar-refractivity contribution is 0.0954. The summed E-state index contributed by atoms with van der Waals surface area (Å²) in [4.78, 5) is 40.2. The minimum Gasteiger partial charge on any atom is -0.351 e. The van der Waals surface area contributed by atoms with Gasteiger partial charge in [-0.2, -0.15) is 4.99 Å². The minimum absolute atomic E-state index is 0.0114. The van der Waals surface area contributed by atoms with E-state index in [9.17, 15) is 23.2 Å². The third-order valence-corrected chi connectivity index (χ3v) is 5.93. The van der Waals surface area contributed by atoms with Gasteiger partial charge in [0.2, 0.25) is 0 Å². The lowest BCUT2D eigenvalue weighted by Gasteiger charge is -2.14. The van der Waals surface area contributed by atoms with Gasteiger partial charge in [0, 0.05) is 23.7 Å². The third-order valence-electron chi connectivity index (χ3n) is 4.81. The number of hydrogen-bond donors (Lipinski definition) is 2. The first kappa shape index (κ1) is 21.7. The van der Waals surface area contributed by atoms with Crippen LogP contribution < -0.4 is 16.2 Å². The number of carbonyl (C=O) groups excluding carboxylic acids is 2. The van der Waals surface area contributed by atoms with Crippen molar-refractivity contribution in [2.75, 3.05) is 12.3 Å². The van der Waals surface area contributed by atoms with E-state index in [0.29, 0.717) is 29.3 Å². The number of thioether (sulfide) groups is 1. The fourth-order valence-electron chi connectivity index (χ4n) is 3.26. The van der Waals surface area contributed by atoms with Crippen molar-refractivity contribution in [3.05, 3.63) is 93.6 Å². The molecular weight excluding hydrogens is 438 g/mol. The Bertz CT molecular complexity index is 1240. The molecule has 0 spiro atoms. The van der Waals surface area contributed by atoms with Gasteiger partial charge >= 0.3 is 6.03 Å². The van der Waals surface area contributed by atoms with Crippen LogP contribution in [-0.4, -0.2) is 39.8 Å². The van der Waals surface area contributed by atoms with Crippen molar-refractivity contribution in [1.29, 1.82) is 0 Å². The lowest BCUT2D eigenvalue weighted by Crippen LogP contribution is -2.34. The van der Waals surface area contributed by atoms with Gasteiger partial charge in [-0.3, -0.25) is 9.59 Å². The van der Waals surface area contributed by atoms with Crippen molar-refractivity contribution in [2.45, 2.75) is 11.8 Å². The van der Waals surface area contributed by atoms with Crippen LogP contribution in [0.25, 0.3) is 0 Å². The van der Waals surface area contributed by atoms with E-state index in [2.05, 4.69) is 15.6 Å². The Morgan fingerprint density at radius 2 is 2.06 bits per heavy atom. The van der Waals surface area contributed by atoms with E-state index in [1.165, 1.54) is 22.9 Å². The van der Waals surface area contributed by atoms with Gasteiger partial charge in [0.05, 0.1) is 18.0 Å². The first-order valence-electron chi connectivity index (χ1n) is 9.74. The molecule has 2 aromatic rings. The van der Waals surface area contributed by atoms with Gasteiger partial charge in [0.15, 0.2) is 11.6 Å². The smallest absolute Gasteiger partial charge is 0.346 e. The fourth-order valence-corrected chi connectivity index (χ4v) is 4.18. The zero-order valence-electron chi connectivity index (χ0n) is 16.7. The van der Waals surface area contributed by atoms with E-state index >= 15 is 0 Å². The normalized spacial score (nSPS) is 16.8. The topological polar surface area (TPSA) is 92.6 Å². The number of hydrogen-bond acceptors (Lipinski definition) is 4. The molecule has 0 bridgehead atoms. The maximum absolute atomic E-state index is 13.4. The molecule has 1 aliphatic heterocycles. The number of nitrogens with zero attached hydrogens (tertiary/aromatic N) is 2. The number of halogens is 2. The Morgan fingerprint density at radius 1 is 1.22 bits per heavy atom. The monoisotopic (exact) mass is 456 g/mol. The van der Waals surface area contributed by atoms with Crippen LogP contribution in [0.4, 0.5) is 13.6 Å². The van der Waals surface area contributed by atoms with Gasteiger partial charge in [-0.25, -0.2) is 13.6 Å². The molecule has 0 fully saturated rings. The summed E-state index contributed by atoms with van der Waals surface area (Å²) in [6, 6.07) is 5.99. The summed E-state index contributed by atoms with van der Waals surface area (Å²) >= 11 is 1.56. The molecule has 7 nitrogen and oxygen atoms in total. The highest BCUT2D eigenvalue weighted by Gasteiger charge is 2.22. The van der Waals surface area contributed by atoms with E-state index in [1.54, 1.807) is 23.9 Å². The van der Waals surface area contributed by atoms with Crippen LogP contribution in [0, 0.1) is 11.6 Å². The van der Waals surface area contributed by atoms with Crippen LogP contribution in [0.15, 0.2) is 70.2 Å². The Labute approximate surface area is 185 Å². The van der Waals surface area contributed by atoms with Crippen molar-refractivity contribution >= 4 is 29.4 Å². The van der Waals surface area contributed by atoms with Gasteiger partial charge in [-0.05, 0) is 42.0 Å². The number of pyridine rings is 1. The second-order valence-electron chi connectivity index (χ2n) is 7.06. The zero-order chi connectivity index (χ0) is 22.7. The predicted molar refractivity (Wildman–Crippen MR) is 118 cm³/mol. The number of urea groups is 1. The standard InChI is InChI=1S/C22H18F2N4O3S/c23-16-5-3-13(10-17(16)24)12-28-8-1-2-15(21(28)30)20(29)25-7-9-32-14-4-6-18-19(11-14)27-22(31)26-18/h1-6,8,10-11,14H,7,9,12H2,(H,25,29)(H,27,31). The van der Waals surface area contributed by atoms with Crippen molar-refractivity contribution in [2.24, 2.45) is 4.99 Å². The number of fused-ring (bicyclic) bond motifs is 1. The number of aliphatic imine (C=N–C) groups is 1. The molecule has 1 unspecified atom stereocenters. The van der Waals surface area contributed by atoms with Crippen molar-refractivity contribution in [3.63, 3.8) is 0 Å². The summed E-state index contributed by atoms with van der Waals surface area (Å²) in [5, 5.41) is 5.41. The number of benzene rings is 1. The second-order valence-corrected chi connectivity index (χ2v) is 8.35. The molecule has 2 N–H and O–H groups in total. The molecule has 0 saturated heterocycles. The molecule has 0 saturated carbocycles. The molecule has 1 aromatic carbocycles. The summed E-state index contributed by atoms with van der Waals surface area (Å²) in [5.74, 6) is -1.89. The molecule has 0 radical (unpaired) electrons. The number of carbonyl (C=O) groups is 2. The summed E-state index contributed by atoms with van der Waals surface area (Å²) in [6.45, 7) is 0.347. The molecule has 2 heterocycles. The summed E-state index contributed by atoms with van der Waals surface area (Å²) in [6.07, 6.45) is 7.08. The number of amides is 3. The zero-order valence-corrected chi connectivity index (χ0v) is 17.5. The molecule has 164 valence electrons. The Kier molecular flexibility index (Phi) is 6.31. The fraction of sp³-hybridized carbons (Fsp3) is 0.182. The largest absolute Gasteiger partial charge is 0.351 e. The molecule has 32 heavy (non-hydrogen) atoms. The van der Waals surface area contributed by atoms with E-state index < -0.39 is 23.1 Å². The molecular formula is C22H18F2N4O3S. The quantitative estimate of drug-likeness (QED) is 0.627. The molecule has 10 heteroatoms. The van der Waals surface area contributed by atoms with Crippen LogP contribution in [0.2, 0.25) is 0 Å². The van der Waals surface area contributed by atoms with Crippen molar-refractivity contribution in [1.82, 2.24) is 15.2 Å². The molecule has 4 rings (SSSR count). The SMILES string of the molecule is O=C1N=C2C=CC(SCCNC(=O)c3cccn(Cc4ccc(F)c(F)c4)c3=O)C=C2N1. The van der Waals surface area contributed by atoms with E-state index in [1.807, 2.05) is 12.2 Å². The summed E-state index contributed by atoms with van der Waals surface area (Å²) in [5.41, 5.74) is 1.15. The highest BCUT2D eigenvalue weighted by molar-refractivity contribution is 8.00. The maximum atomic E-state index is 13.4. The second kappa shape index (κ2) is 9.31. The van der Waals surface area contributed by atoms with Crippen LogP contribution in [0.3, 0.4) is 0 Å². The lowest BCUT2D eigenvalue weighted by atomic mass is 10.1. The number of aromatic nitrogens is 1. The first-order valence-corrected chi connectivity index (χ1v) is 10.8. The minimum atomic E-state index is -0.996. The highest BCUT2D eigenvalue weighted by Crippen LogP contribution is 2.21. The van der Waals surface area contributed by atoms with E-state index in [0.717, 1.165) is 12.1 Å². The molecule has 1 aromatic heterocycles. The summed E-state index contributed by atoms with van der Waals surface area (Å²) < 4.78 is 27.8. The van der Waals surface area contributed by atoms with Gasteiger partial charge < -0.3 is 15.2 Å². The van der Waals surface area contributed by atoms with Gasteiger partial charge in [0.25, 0.3) is 11.5 Å². The van der Waals surface area contributed by atoms with Crippen LogP contribution in [0.1, 0.15) is 15.9 Å². The van der Waals surface area contributed by atoms with Crippen LogP contribution in [0.5, 0.6) is 0 Å². The number of nitrogens with one attached hydrogen (secondary N) is 2. The Balaban J connectivity index is 1.32. The third kappa shape index (κ3) is 4.86. The summed E-state index contributed by atoms with van der Waals surface area (Å²) in [7, 11) is 0. The average Bonchev–Trinajstić information content (AvgIpc) is 3.14. The predicted octanol–water partition coefficient (Wildman–Crippen LogP) is 2.62. The van der Waals surface area contributed by atoms with Crippen molar-refractivity contribution in [3.8, 4) is 0 Å². The Hall–Kier alpha value is -3.53. The molecule has 3 amide bonds. The Morgan fingerprint density at radius 3 is 2.88 bits per heavy atom. The molecule has 1 atom stereocenters. The van der Waals surface area contributed by atoms with Gasteiger partial charge in [-0.15, -0.1) is 11.8 Å². The van der Waals surface area contributed by atoms with E-state index in [-0.39, 0.29) is 23.4 Å². The van der Waals surface area contributed by atoms with Crippen molar-refractivity contribution < 1.29 is 18.4 Å². The molecule has 2 aliphatic rings. The molecule has 1 aliphatic carbocycles. The van der Waals surface area contributed by atoms with Crippen LogP contribution in [-0.2, 0) is 6.54 Å². The number of rotatable bonds is 7. The number of allylic oxidation sites excluding steroid dienone is 1. The first-order chi connectivity index (χ1) is 15.4. The van der Waals surface area contributed by atoms with Crippen LogP contribution >= 0.6 is 11.8 Å². The highest BCUT2D eigenvalue weighted by atomic mass is 32.2. The van der Waals surface area contributed by atoms with Gasteiger partial charge in [0.1, 0.15) is 5.56 Å². The van der Waals surface area contributed by atoms with E-state index in [4.69, 9.17) is 0 Å². The average molecular weight is 456 g/mol.